The number of amides is 3. The molecule has 1 aliphatic heterocycles. The van der Waals surface area contributed by atoms with Crippen molar-refractivity contribution in [1.82, 2.24) is 4.90 Å². The number of carbonyl (C=O) groups is 3. The van der Waals surface area contributed by atoms with E-state index in [1.54, 1.807) is 42.5 Å². The van der Waals surface area contributed by atoms with Crippen molar-refractivity contribution in [3.63, 3.8) is 0 Å². The molecule has 0 spiro atoms. The molecule has 0 atom stereocenters. The molecule has 0 unspecified atom stereocenters. The molecule has 7 nitrogen and oxygen atoms in total. The van der Waals surface area contributed by atoms with Crippen molar-refractivity contribution in [2.75, 3.05) is 18.5 Å². The summed E-state index contributed by atoms with van der Waals surface area (Å²) in [6.45, 7) is 6.20. The highest BCUT2D eigenvalue weighted by atomic mass is 35.5. The van der Waals surface area contributed by atoms with Gasteiger partial charge in [-0.3, -0.25) is 19.3 Å². The fourth-order valence-corrected chi connectivity index (χ4v) is 5.21. The van der Waals surface area contributed by atoms with Gasteiger partial charge in [-0.25, -0.2) is 0 Å². The molecule has 4 rings (SSSR count). The van der Waals surface area contributed by atoms with Crippen LogP contribution in [-0.4, -0.2) is 35.2 Å². The lowest BCUT2D eigenvalue weighted by Crippen LogP contribution is -2.27. The minimum atomic E-state index is -0.405. The fraction of sp³-hybridized carbons (Fsp3) is 0.233. The maximum absolute atomic E-state index is 13.0. The van der Waals surface area contributed by atoms with Crippen LogP contribution in [0, 0.1) is 0 Å². The Morgan fingerprint density at radius 1 is 1.00 bits per heavy atom. The van der Waals surface area contributed by atoms with Crippen molar-refractivity contribution in [3.8, 4) is 11.5 Å². The van der Waals surface area contributed by atoms with E-state index in [1.165, 1.54) is 0 Å². The number of halogens is 2. The largest absolute Gasteiger partial charge is 0.490 e. The average Bonchev–Trinajstić information content (AvgIpc) is 3.18. The summed E-state index contributed by atoms with van der Waals surface area (Å²) < 4.78 is 11.5. The molecule has 1 aliphatic rings. The molecule has 1 fully saturated rings. The highest BCUT2D eigenvalue weighted by Crippen LogP contribution is 2.36. The second-order valence-electron chi connectivity index (χ2n) is 9.23. The van der Waals surface area contributed by atoms with Gasteiger partial charge in [0.2, 0.25) is 0 Å². The molecule has 208 valence electrons. The highest BCUT2D eigenvalue weighted by Gasteiger charge is 2.35. The first-order valence-electron chi connectivity index (χ1n) is 12.6. The zero-order valence-corrected chi connectivity index (χ0v) is 24.5. The van der Waals surface area contributed by atoms with Gasteiger partial charge < -0.3 is 14.8 Å². The van der Waals surface area contributed by atoms with Crippen LogP contribution in [0.15, 0.2) is 65.6 Å². The normalized spacial score (nSPS) is 14.2. The van der Waals surface area contributed by atoms with Crippen molar-refractivity contribution < 1.29 is 23.9 Å². The first-order valence-corrected chi connectivity index (χ1v) is 14.2. The van der Waals surface area contributed by atoms with Gasteiger partial charge in [0.15, 0.2) is 18.1 Å². The molecule has 1 saturated heterocycles. The molecule has 1 N–H and O–H groups in total. The van der Waals surface area contributed by atoms with Gasteiger partial charge in [-0.1, -0.05) is 67.4 Å². The summed E-state index contributed by atoms with van der Waals surface area (Å²) >= 11 is 12.9. The van der Waals surface area contributed by atoms with Gasteiger partial charge >= 0.3 is 0 Å². The van der Waals surface area contributed by atoms with E-state index in [1.807, 2.05) is 31.2 Å². The Labute approximate surface area is 247 Å². The Hall–Kier alpha value is -3.46. The van der Waals surface area contributed by atoms with Crippen molar-refractivity contribution in [2.24, 2.45) is 0 Å². The smallest absolute Gasteiger partial charge is 0.293 e. The molecule has 3 amide bonds. The van der Waals surface area contributed by atoms with Crippen LogP contribution in [0.2, 0.25) is 10.0 Å². The van der Waals surface area contributed by atoms with E-state index in [0.717, 1.165) is 27.9 Å². The van der Waals surface area contributed by atoms with Crippen LogP contribution in [0.4, 0.5) is 10.5 Å². The van der Waals surface area contributed by atoms with Crippen molar-refractivity contribution in [2.45, 2.75) is 33.2 Å². The number of nitrogens with one attached hydrogen (secondary N) is 1. The number of anilines is 1. The van der Waals surface area contributed by atoms with E-state index in [4.69, 9.17) is 32.7 Å². The standard InChI is InChI=1S/C30H28Cl2N2O5S/c1-4-38-26-14-19(10-12-25(26)39-17-28(35)33-24-8-6-5-7-21(24)18(2)3)15-27-29(36)34(30(37)40-27)16-20-9-11-22(31)23(32)13-20/h5-15,18H,4,16-17H2,1-3H3,(H,33,35)/b27-15-. The Bertz CT molecular complexity index is 1470. The van der Waals surface area contributed by atoms with Crippen LogP contribution < -0.4 is 14.8 Å². The third-order valence-electron chi connectivity index (χ3n) is 5.98. The van der Waals surface area contributed by atoms with E-state index in [9.17, 15) is 14.4 Å². The van der Waals surface area contributed by atoms with Crippen molar-refractivity contribution >= 4 is 63.8 Å². The number of nitrogens with zero attached hydrogens (tertiary/aromatic N) is 1. The summed E-state index contributed by atoms with van der Waals surface area (Å²) in [7, 11) is 0. The lowest BCUT2D eigenvalue weighted by Gasteiger charge is -2.15. The first-order chi connectivity index (χ1) is 19.2. The second-order valence-corrected chi connectivity index (χ2v) is 11.0. The van der Waals surface area contributed by atoms with Gasteiger partial charge in [-0.2, -0.15) is 0 Å². The van der Waals surface area contributed by atoms with Gasteiger partial charge in [0.25, 0.3) is 17.1 Å². The lowest BCUT2D eigenvalue weighted by atomic mass is 10.0. The van der Waals surface area contributed by atoms with E-state index < -0.39 is 5.91 Å². The van der Waals surface area contributed by atoms with E-state index in [0.29, 0.717) is 39.3 Å². The predicted molar refractivity (Wildman–Crippen MR) is 160 cm³/mol. The quantitative estimate of drug-likeness (QED) is 0.240. The molecule has 10 heteroatoms. The van der Waals surface area contributed by atoms with Gasteiger partial charge in [0.1, 0.15) is 0 Å². The molecular weight excluding hydrogens is 571 g/mol. The molecule has 0 saturated carbocycles. The van der Waals surface area contributed by atoms with Crippen LogP contribution in [0.3, 0.4) is 0 Å². The summed E-state index contributed by atoms with van der Waals surface area (Å²) in [5.41, 5.74) is 3.12. The summed E-state index contributed by atoms with van der Waals surface area (Å²) in [4.78, 5) is 39.6. The number of hydrogen-bond donors (Lipinski definition) is 1. The monoisotopic (exact) mass is 598 g/mol. The molecule has 0 aliphatic carbocycles. The average molecular weight is 600 g/mol. The number of imide groups is 1. The molecule has 40 heavy (non-hydrogen) atoms. The summed E-state index contributed by atoms with van der Waals surface area (Å²) in [5.74, 6) is 0.362. The Balaban J connectivity index is 1.45. The second kappa shape index (κ2) is 13.3. The number of para-hydroxylation sites is 1. The van der Waals surface area contributed by atoms with Crippen LogP contribution in [-0.2, 0) is 16.1 Å². The van der Waals surface area contributed by atoms with Gasteiger partial charge in [-0.15, -0.1) is 0 Å². The Morgan fingerprint density at radius 2 is 1.77 bits per heavy atom. The predicted octanol–water partition coefficient (Wildman–Crippen LogP) is 7.77. The molecule has 0 radical (unpaired) electrons. The number of ether oxygens (including phenoxy) is 2. The van der Waals surface area contributed by atoms with Crippen LogP contribution in [0.5, 0.6) is 11.5 Å². The first kappa shape index (κ1) is 29.5. The lowest BCUT2D eigenvalue weighted by molar-refractivity contribution is -0.123. The molecular formula is C30H28Cl2N2O5S. The number of hydrogen-bond acceptors (Lipinski definition) is 6. The van der Waals surface area contributed by atoms with Gasteiger partial charge in [0, 0.05) is 5.69 Å². The third-order valence-corrected chi connectivity index (χ3v) is 7.63. The molecule has 3 aromatic rings. The summed E-state index contributed by atoms with van der Waals surface area (Å²) in [5, 5.41) is 3.28. The zero-order chi connectivity index (χ0) is 28.8. The number of thioether (sulfide) groups is 1. The van der Waals surface area contributed by atoms with Gasteiger partial charge in [-0.05, 0) is 77.7 Å². The number of benzene rings is 3. The van der Waals surface area contributed by atoms with E-state index >= 15 is 0 Å². The van der Waals surface area contributed by atoms with Crippen molar-refractivity contribution in [1.29, 1.82) is 0 Å². The van der Waals surface area contributed by atoms with Gasteiger partial charge in [0.05, 0.1) is 28.1 Å². The molecule has 0 bridgehead atoms. The zero-order valence-electron chi connectivity index (χ0n) is 22.2. The molecule has 0 aromatic heterocycles. The molecule has 3 aromatic carbocycles. The minimum Gasteiger partial charge on any atom is -0.490 e. The SMILES string of the molecule is CCOc1cc(/C=C2\SC(=O)N(Cc3ccc(Cl)c(Cl)c3)C2=O)ccc1OCC(=O)Nc1ccccc1C(C)C. The van der Waals surface area contributed by atoms with E-state index in [2.05, 4.69) is 19.2 Å². The number of carbonyl (C=O) groups excluding carboxylic acids is 3. The van der Waals surface area contributed by atoms with Crippen molar-refractivity contribution in [3.05, 3.63) is 92.3 Å². The maximum Gasteiger partial charge on any atom is 0.293 e. The third kappa shape index (κ3) is 7.18. The summed E-state index contributed by atoms with van der Waals surface area (Å²) in [6.07, 6.45) is 1.63. The molecule has 1 heterocycles. The Morgan fingerprint density at radius 3 is 2.50 bits per heavy atom. The Kier molecular flexibility index (Phi) is 9.79. The van der Waals surface area contributed by atoms with E-state index in [-0.39, 0.29) is 35.1 Å². The fourth-order valence-electron chi connectivity index (χ4n) is 4.05. The van der Waals surface area contributed by atoms with Crippen LogP contribution in [0.25, 0.3) is 6.08 Å². The topological polar surface area (TPSA) is 84.9 Å². The maximum atomic E-state index is 13.0. The number of rotatable bonds is 10. The minimum absolute atomic E-state index is 0.0829. The van der Waals surface area contributed by atoms with Crippen LogP contribution >= 0.6 is 35.0 Å². The highest BCUT2D eigenvalue weighted by molar-refractivity contribution is 8.18. The van der Waals surface area contributed by atoms with Crippen LogP contribution in [0.1, 0.15) is 43.4 Å². The summed E-state index contributed by atoms with van der Waals surface area (Å²) in [6, 6.07) is 17.7.